The monoisotopic (exact) mass is 234 g/mol. The van der Waals surface area contributed by atoms with Gasteiger partial charge in [-0.15, -0.1) is 0 Å². The van der Waals surface area contributed by atoms with Gasteiger partial charge in [0, 0.05) is 31.2 Å². The highest BCUT2D eigenvalue weighted by atomic mass is 16.3. The van der Waals surface area contributed by atoms with E-state index in [-0.39, 0.29) is 5.54 Å². The van der Waals surface area contributed by atoms with Gasteiger partial charge in [0.05, 0.1) is 0 Å². The molecule has 0 aromatic heterocycles. The van der Waals surface area contributed by atoms with Crippen LogP contribution in [-0.4, -0.2) is 34.7 Å². The van der Waals surface area contributed by atoms with Crippen molar-refractivity contribution in [1.82, 2.24) is 10.2 Å². The largest absolute Gasteiger partial charge is 0.508 e. The predicted octanol–water partition coefficient (Wildman–Crippen LogP) is 1.96. The van der Waals surface area contributed by atoms with Crippen LogP contribution in [-0.2, 0) is 6.54 Å². The summed E-state index contributed by atoms with van der Waals surface area (Å²) in [5.74, 6) is 0.351. The third-order valence-corrected chi connectivity index (χ3v) is 3.39. The van der Waals surface area contributed by atoms with Crippen molar-refractivity contribution in [3.8, 4) is 5.75 Å². The van der Waals surface area contributed by atoms with Crippen LogP contribution >= 0.6 is 0 Å². The molecule has 94 valence electrons. The zero-order chi connectivity index (χ0) is 12.5. The van der Waals surface area contributed by atoms with E-state index in [4.69, 9.17) is 0 Å². The maximum Gasteiger partial charge on any atom is 0.115 e. The highest BCUT2D eigenvalue weighted by Crippen LogP contribution is 2.19. The highest BCUT2D eigenvalue weighted by molar-refractivity contribution is 5.27. The Labute approximate surface area is 103 Å². The van der Waals surface area contributed by atoms with Crippen LogP contribution in [0.5, 0.6) is 5.75 Å². The second kappa shape index (κ2) is 4.67. The zero-order valence-electron chi connectivity index (χ0n) is 10.9. The summed E-state index contributed by atoms with van der Waals surface area (Å²) in [6.07, 6.45) is 0. The van der Waals surface area contributed by atoms with E-state index in [2.05, 4.69) is 37.1 Å². The topological polar surface area (TPSA) is 35.5 Å². The van der Waals surface area contributed by atoms with E-state index < -0.39 is 0 Å². The predicted molar refractivity (Wildman–Crippen MR) is 70.1 cm³/mol. The van der Waals surface area contributed by atoms with Crippen LogP contribution < -0.4 is 5.32 Å². The second-order valence-electron chi connectivity index (χ2n) is 5.69. The molecule has 0 spiro atoms. The number of nitrogens with zero attached hydrogens (tertiary/aromatic N) is 1. The van der Waals surface area contributed by atoms with Crippen LogP contribution in [0.4, 0.5) is 0 Å². The Bertz CT molecular complexity index is 390. The number of rotatable bonds is 2. The van der Waals surface area contributed by atoms with Crippen LogP contribution in [0.1, 0.15) is 26.3 Å². The highest BCUT2D eigenvalue weighted by Gasteiger charge is 2.29. The molecule has 1 aliphatic heterocycles. The summed E-state index contributed by atoms with van der Waals surface area (Å²) in [6.45, 7) is 9.66. The van der Waals surface area contributed by atoms with Gasteiger partial charge in [-0.05, 0) is 38.5 Å². The van der Waals surface area contributed by atoms with Crippen LogP contribution in [0.15, 0.2) is 24.3 Å². The van der Waals surface area contributed by atoms with Crippen LogP contribution in [0, 0.1) is 0 Å². The molecule has 1 heterocycles. The van der Waals surface area contributed by atoms with Crippen molar-refractivity contribution in [3.05, 3.63) is 29.8 Å². The first-order valence-electron chi connectivity index (χ1n) is 6.23. The SMILES string of the molecule is CC1CNC(C)(C)CN1Cc1cccc(O)c1. The molecule has 3 nitrogen and oxygen atoms in total. The third kappa shape index (κ3) is 3.20. The molecular formula is C14H22N2O. The van der Waals surface area contributed by atoms with Gasteiger partial charge in [-0.25, -0.2) is 0 Å². The lowest BCUT2D eigenvalue weighted by Gasteiger charge is -2.43. The zero-order valence-corrected chi connectivity index (χ0v) is 10.9. The van der Waals surface area contributed by atoms with Crippen molar-refractivity contribution in [1.29, 1.82) is 0 Å². The summed E-state index contributed by atoms with van der Waals surface area (Å²) in [4.78, 5) is 2.46. The fourth-order valence-electron chi connectivity index (χ4n) is 2.37. The van der Waals surface area contributed by atoms with Crippen LogP contribution in [0.25, 0.3) is 0 Å². The molecule has 3 heteroatoms. The van der Waals surface area contributed by atoms with Gasteiger partial charge in [0.25, 0.3) is 0 Å². The lowest BCUT2D eigenvalue weighted by atomic mass is 9.98. The Kier molecular flexibility index (Phi) is 3.40. The molecule has 1 saturated heterocycles. The van der Waals surface area contributed by atoms with Crippen LogP contribution in [0.2, 0.25) is 0 Å². The Morgan fingerprint density at radius 2 is 2.24 bits per heavy atom. The first-order valence-corrected chi connectivity index (χ1v) is 6.23. The normalized spacial score (nSPS) is 24.8. The van der Waals surface area contributed by atoms with Crippen molar-refractivity contribution in [2.45, 2.75) is 38.9 Å². The fraction of sp³-hybridized carbons (Fsp3) is 0.571. The number of phenolic OH excluding ortho intramolecular Hbond substituents is 1. The number of benzene rings is 1. The van der Waals surface area contributed by atoms with Gasteiger partial charge in [0.1, 0.15) is 5.75 Å². The number of hydrogen-bond donors (Lipinski definition) is 2. The van der Waals surface area contributed by atoms with Gasteiger partial charge in [0.2, 0.25) is 0 Å². The van der Waals surface area contributed by atoms with Crippen molar-refractivity contribution in [3.63, 3.8) is 0 Å². The minimum absolute atomic E-state index is 0.170. The van der Waals surface area contributed by atoms with E-state index in [1.165, 1.54) is 5.56 Å². The molecule has 1 aromatic rings. The van der Waals surface area contributed by atoms with E-state index in [0.717, 1.165) is 19.6 Å². The fourth-order valence-corrected chi connectivity index (χ4v) is 2.37. The second-order valence-corrected chi connectivity index (χ2v) is 5.69. The molecule has 0 bridgehead atoms. The molecule has 1 aromatic carbocycles. The Hall–Kier alpha value is -1.06. The molecule has 1 fully saturated rings. The number of phenols is 1. The molecular weight excluding hydrogens is 212 g/mol. The third-order valence-electron chi connectivity index (χ3n) is 3.39. The molecule has 2 N–H and O–H groups in total. The first-order chi connectivity index (χ1) is 7.96. The van der Waals surface area contributed by atoms with E-state index in [1.807, 2.05) is 12.1 Å². The van der Waals surface area contributed by atoms with Crippen molar-refractivity contribution in [2.24, 2.45) is 0 Å². The smallest absolute Gasteiger partial charge is 0.115 e. The lowest BCUT2D eigenvalue weighted by molar-refractivity contribution is 0.0977. The number of aromatic hydroxyl groups is 1. The standard InChI is InChI=1S/C14H22N2O/c1-11-8-15-14(2,3)10-16(11)9-12-5-4-6-13(17)7-12/h4-7,11,15,17H,8-10H2,1-3H3. The Morgan fingerprint density at radius 1 is 1.47 bits per heavy atom. The maximum absolute atomic E-state index is 9.48. The first kappa shape index (κ1) is 12.4. The minimum Gasteiger partial charge on any atom is -0.508 e. The average molecular weight is 234 g/mol. The van der Waals surface area contributed by atoms with Crippen LogP contribution in [0.3, 0.4) is 0 Å². The number of piperazine rings is 1. The summed E-state index contributed by atoms with van der Waals surface area (Å²) in [6, 6.07) is 8.07. The summed E-state index contributed by atoms with van der Waals surface area (Å²) in [7, 11) is 0. The molecule has 0 amide bonds. The maximum atomic E-state index is 9.48. The molecule has 1 atom stereocenters. The number of nitrogens with one attached hydrogen (secondary N) is 1. The van der Waals surface area contributed by atoms with E-state index in [9.17, 15) is 5.11 Å². The van der Waals surface area contributed by atoms with Gasteiger partial charge >= 0.3 is 0 Å². The van der Waals surface area contributed by atoms with Crippen molar-refractivity contribution in [2.75, 3.05) is 13.1 Å². The quantitative estimate of drug-likeness (QED) is 0.821. The van der Waals surface area contributed by atoms with Gasteiger partial charge in [-0.1, -0.05) is 12.1 Å². The van der Waals surface area contributed by atoms with E-state index in [0.29, 0.717) is 11.8 Å². The van der Waals surface area contributed by atoms with Gasteiger partial charge in [-0.2, -0.15) is 0 Å². The van der Waals surface area contributed by atoms with Crippen molar-refractivity contribution >= 4 is 0 Å². The summed E-state index contributed by atoms with van der Waals surface area (Å²) in [5.41, 5.74) is 1.35. The molecule has 1 aliphatic rings. The number of hydrogen-bond acceptors (Lipinski definition) is 3. The van der Waals surface area contributed by atoms with E-state index >= 15 is 0 Å². The Morgan fingerprint density at radius 3 is 2.94 bits per heavy atom. The molecule has 0 aliphatic carbocycles. The molecule has 0 radical (unpaired) electrons. The molecule has 1 unspecified atom stereocenters. The molecule has 2 rings (SSSR count). The van der Waals surface area contributed by atoms with Gasteiger partial charge in [0.15, 0.2) is 0 Å². The van der Waals surface area contributed by atoms with Crippen molar-refractivity contribution < 1.29 is 5.11 Å². The lowest BCUT2D eigenvalue weighted by Crippen LogP contribution is -2.60. The summed E-state index contributed by atoms with van der Waals surface area (Å²) in [5, 5.41) is 13.0. The summed E-state index contributed by atoms with van der Waals surface area (Å²) < 4.78 is 0. The van der Waals surface area contributed by atoms with Gasteiger partial charge in [-0.3, -0.25) is 4.90 Å². The van der Waals surface area contributed by atoms with E-state index in [1.54, 1.807) is 6.07 Å². The van der Waals surface area contributed by atoms with Gasteiger partial charge < -0.3 is 10.4 Å². The Balaban J connectivity index is 2.06. The summed E-state index contributed by atoms with van der Waals surface area (Å²) >= 11 is 0. The molecule has 0 saturated carbocycles. The molecule has 17 heavy (non-hydrogen) atoms. The average Bonchev–Trinajstić information content (AvgIpc) is 2.23. The minimum atomic E-state index is 0.170.